The van der Waals surface area contributed by atoms with Gasteiger partial charge in [-0.1, -0.05) is 28.1 Å². The molecule has 0 spiro atoms. The summed E-state index contributed by atoms with van der Waals surface area (Å²) in [7, 11) is 1.76. The van der Waals surface area contributed by atoms with Gasteiger partial charge in [0.2, 0.25) is 0 Å². The first kappa shape index (κ1) is 15.6. The average Bonchev–Trinajstić information content (AvgIpc) is 2.48. The SMILES string of the molecule is CNC(Cc1ccc([N+](=O)[O-])cc1)c1cc(Br)ccc1F. The standard InChI is InChI=1S/C15H14BrFN2O2/c1-18-15(13-9-11(16)4-7-14(13)17)8-10-2-5-12(6-3-10)19(20)21/h2-7,9,15,18H,8H2,1H3. The second kappa shape index (κ2) is 6.78. The minimum atomic E-state index is -0.437. The third-order valence-corrected chi connectivity index (χ3v) is 3.76. The molecule has 1 atom stereocenters. The predicted molar refractivity (Wildman–Crippen MR) is 82.7 cm³/mol. The molecule has 2 aromatic carbocycles. The van der Waals surface area contributed by atoms with Gasteiger partial charge in [-0.2, -0.15) is 0 Å². The first-order chi connectivity index (χ1) is 10.0. The van der Waals surface area contributed by atoms with Crippen LogP contribution in [0, 0.1) is 15.9 Å². The molecule has 0 radical (unpaired) electrons. The average molecular weight is 353 g/mol. The van der Waals surface area contributed by atoms with Gasteiger partial charge in [-0.3, -0.25) is 10.1 Å². The first-order valence-corrected chi connectivity index (χ1v) is 7.16. The first-order valence-electron chi connectivity index (χ1n) is 6.37. The zero-order chi connectivity index (χ0) is 15.4. The molecule has 110 valence electrons. The molecule has 21 heavy (non-hydrogen) atoms. The lowest BCUT2D eigenvalue weighted by atomic mass is 9.98. The lowest BCUT2D eigenvalue weighted by molar-refractivity contribution is -0.384. The molecule has 0 aliphatic carbocycles. The van der Waals surface area contributed by atoms with Crippen LogP contribution in [0.2, 0.25) is 0 Å². The van der Waals surface area contributed by atoms with Crippen LogP contribution >= 0.6 is 15.9 Å². The molecule has 2 rings (SSSR count). The highest BCUT2D eigenvalue weighted by Crippen LogP contribution is 2.25. The van der Waals surface area contributed by atoms with Crippen molar-refractivity contribution in [1.82, 2.24) is 5.32 Å². The topological polar surface area (TPSA) is 55.2 Å². The Labute approximate surface area is 130 Å². The fraction of sp³-hybridized carbons (Fsp3) is 0.200. The van der Waals surface area contributed by atoms with Crippen molar-refractivity contribution in [3.63, 3.8) is 0 Å². The van der Waals surface area contributed by atoms with E-state index >= 15 is 0 Å². The van der Waals surface area contributed by atoms with Gasteiger partial charge < -0.3 is 5.32 Å². The van der Waals surface area contributed by atoms with E-state index in [1.807, 2.05) is 0 Å². The van der Waals surface area contributed by atoms with Crippen molar-refractivity contribution < 1.29 is 9.31 Å². The smallest absolute Gasteiger partial charge is 0.269 e. The van der Waals surface area contributed by atoms with Gasteiger partial charge >= 0.3 is 0 Å². The summed E-state index contributed by atoms with van der Waals surface area (Å²) in [6.45, 7) is 0. The largest absolute Gasteiger partial charge is 0.313 e. The fourth-order valence-corrected chi connectivity index (χ4v) is 2.52. The second-order valence-electron chi connectivity index (χ2n) is 4.63. The van der Waals surface area contributed by atoms with Gasteiger partial charge in [0.05, 0.1) is 4.92 Å². The number of non-ortho nitro benzene ring substituents is 1. The summed E-state index contributed by atoms with van der Waals surface area (Å²) in [4.78, 5) is 10.2. The highest BCUT2D eigenvalue weighted by molar-refractivity contribution is 9.10. The van der Waals surface area contributed by atoms with Gasteiger partial charge in [-0.05, 0) is 37.2 Å². The van der Waals surface area contributed by atoms with Crippen molar-refractivity contribution >= 4 is 21.6 Å². The van der Waals surface area contributed by atoms with E-state index in [0.717, 1.165) is 10.0 Å². The van der Waals surface area contributed by atoms with Crippen molar-refractivity contribution in [1.29, 1.82) is 0 Å². The summed E-state index contributed by atoms with van der Waals surface area (Å²) in [5, 5.41) is 13.7. The Bertz CT molecular complexity index is 647. The van der Waals surface area contributed by atoms with Crippen molar-refractivity contribution in [3.05, 3.63) is 74.0 Å². The quantitative estimate of drug-likeness (QED) is 0.653. The van der Waals surface area contributed by atoms with Gasteiger partial charge in [0.15, 0.2) is 0 Å². The van der Waals surface area contributed by atoms with Crippen LogP contribution in [0.5, 0.6) is 0 Å². The van der Waals surface area contributed by atoms with Crippen molar-refractivity contribution in [2.75, 3.05) is 7.05 Å². The Balaban J connectivity index is 2.22. The fourth-order valence-electron chi connectivity index (χ4n) is 2.14. The number of nitro groups is 1. The molecule has 4 nitrogen and oxygen atoms in total. The van der Waals surface area contributed by atoms with Gasteiger partial charge in [0.25, 0.3) is 5.69 Å². The number of likely N-dealkylation sites (N-methyl/N-ethyl adjacent to an activating group) is 1. The Kier molecular flexibility index (Phi) is 5.03. The number of nitrogens with one attached hydrogen (secondary N) is 1. The molecule has 0 saturated heterocycles. The monoisotopic (exact) mass is 352 g/mol. The number of hydrogen-bond acceptors (Lipinski definition) is 3. The molecule has 2 aromatic rings. The molecule has 0 aliphatic heterocycles. The van der Waals surface area contributed by atoms with Crippen molar-refractivity contribution in [3.8, 4) is 0 Å². The minimum Gasteiger partial charge on any atom is -0.313 e. The number of nitro benzene ring substituents is 1. The zero-order valence-electron chi connectivity index (χ0n) is 11.3. The number of nitrogens with zero attached hydrogens (tertiary/aromatic N) is 1. The minimum absolute atomic E-state index is 0.0494. The summed E-state index contributed by atoms with van der Waals surface area (Å²) in [5.41, 5.74) is 1.51. The maximum absolute atomic E-state index is 13.9. The third-order valence-electron chi connectivity index (χ3n) is 3.27. The summed E-state index contributed by atoms with van der Waals surface area (Å²) < 4.78 is 14.7. The van der Waals surface area contributed by atoms with E-state index in [1.165, 1.54) is 18.2 Å². The van der Waals surface area contributed by atoms with Crippen molar-refractivity contribution in [2.45, 2.75) is 12.5 Å². The van der Waals surface area contributed by atoms with Gasteiger partial charge in [0, 0.05) is 28.2 Å². The maximum atomic E-state index is 13.9. The molecule has 0 fully saturated rings. The molecule has 0 aliphatic rings. The highest BCUT2D eigenvalue weighted by atomic mass is 79.9. The molecule has 0 amide bonds. The molecular weight excluding hydrogens is 339 g/mol. The van der Waals surface area contributed by atoms with E-state index in [-0.39, 0.29) is 17.5 Å². The Morgan fingerprint density at radius 3 is 2.52 bits per heavy atom. The third kappa shape index (κ3) is 3.86. The Hall–Kier alpha value is -1.79. The molecule has 0 aromatic heterocycles. The molecule has 0 heterocycles. The van der Waals surface area contributed by atoms with Gasteiger partial charge in [0.1, 0.15) is 5.82 Å². The lowest BCUT2D eigenvalue weighted by Gasteiger charge is -2.18. The van der Waals surface area contributed by atoms with E-state index in [9.17, 15) is 14.5 Å². The zero-order valence-corrected chi connectivity index (χ0v) is 12.9. The highest BCUT2D eigenvalue weighted by Gasteiger charge is 2.15. The summed E-state index contributed by atoms with van der Waals surface area (Å²) >= 11 is 3.34. The second-order valence-corrected chi connectivity index (χ2v) is 5.55. The van der Waals surface area contributed by atoms with Crippen LogP contribution in [0.25, 0.3) is 0 Å². The van der Waals surface area contributed by atoms with E-state index in [4.69, 9.17) is 0 Å². The molecule has 1 unspecified atom stereocenters. The number of hydrogen-bond donors (Lipinski definition) is 1. The van der Waals surface area contributed by atoms with Crippen LogP contribution in [0.1, 0.15) is 17.2 Å². The number of rotatable bonds is 5. The van der Waals surface area contributed by atoms with Gasteiger partial charge in [-0.25, -0.2) is 4.39 Å². The number of halogens is 2. The molecular formula is C15H14BrFN2O2. The lowest BCUT2D eigenvalue weighted by Crippen LogP contribution is -2.20. The molecule has 0 saturated carbocycles. The van der Waals surface area contributed by atoms with Crippen molar-refractivity contribution in [2.24, 2.45) is 0 Å². The summed E-state index contributed by atoms with van der Waals surface area (Å²) in [5.74, 6) is -0.278. The van der Waals surface area contributed by atoms with Gasteiger partial charge in [-0.15, -0.1) is 0 Å². The van der Waals surface area contributed by atoms with Crippen LogP contribution in [-0.2, 0) is 6.42 Å². The predicted octanol–water partition coefficient (Wildman–Crippen LogP) is 4.00. The Morgan fingerprint density at radius 1 is 1.29 bits per heavy atom. The molecule has 1 N–H and O–H groups in total. The summed E-state index contributed by atoms with van der Waals surface area (Å²) in [6.07, 6.45) is 0.544. The maximum Gasteiger partial charge on any atom is 0.269 e. The number of benzene rings is 2. The van der Waals surface area contributed by atoms with E-state index in [0.29, 0.717) is 12.0 Å². The molecule has 6 heteroatoms. The van der Waals surface area contributed by atoms with E-state index < -0.39 is 4.92 Å². The van der Waals surface area contributed by atoms with Crippen LogP contribution < -0.4 is 5.32 Å². The molecule has 0 bridgehead atoms. The summed E-state index contributed by atoms with van der Waals surface area (Å²) in [6, 6.07) is 10.9. The van der Waals surface area contributed by atoms with Crippen LogP contribution in [0.3, 0.4) is 0 Å². The van der Waals surface area contributed by atoms with E-state index in [1.54, 1.807) is 31.3 Å². The van der Waals surface area contributed by atoms with E-state index in [2.05, 4.69) is 21.2 Å². The normalized spacial score (nSPS) is 12.1. The Morgan fingerprint density at radius 2 is 1.95 bits per heavy atom. The van der Waals surface area contributed by atoms with Crippen LogP contribution in [0.4, 0.5) is 10.1 Å². The van der Waals surface area contributed by atoms with Crippen LogP contribution in [0.15, 0.2) is 46.9 Å². The van der Waals surface area contributed by atoms with Crippen LogP contribution in [-0.4, -0.2) is 12.0 Å².